The van der Waals surface area contributed by atoms with E-state index >= 15 is 0 Å². The normalized spacial score (nSPS) is 24.0. The first-order valence-corrected chi connectivity index (χ1v) is 10.8. The summed E-state index contributed by atoms with van der Waals surface area (Å²) in [5.74, 6) is 0.0477. The molecule has 0 bridgehead atoms. The van der Waals surface area contributed by atoms with E-state index in [2.05, 4.69) is 37.3 Å². The maximum Gasteiger partial charge on any atom is 0.178 e. The molecule has 2 aliphatic carbocycles. The predicted octanol–water partition coefficient (Wildman–Crippen LogP) is 5.42. The third kappa shape index (κ3) is 2.73. The SMILES string of the molecule is CC1(C)C(=O)C(C#N)=CC2(C)c3nn(-c4ccccc4)c(-c4ccccc4)c3CCC12. The van der Waals surface area contributed by atoms with Gasteiger partial charge in [0.1, 0.15) is 6.07 Å². The molecule has 4 nitrogen and oxygen atoms in total. The largest absolute Gasteiger partial charge is 0.293 e. The van der Waals surface area contributed by atoms with E-state index in [1.165, 1.54) is 5.56 Å². The van der Waals surface area contributed by atoms with Gasteiger partial charge in [0.15, 0.2) is 5.78 Å². The zero-order chi connectivity index (χ0) is 21.8. The minimum atomic E-state index is -0.601. The number of ketones is 1. The standard InChI is InChI=1S/C27H25N3O/c1-26(2)22-15-14-21-23(18-10-6-4-7-11-18)30(20-12-8-5-9-13-20)29-24(21)27(22,3)16-19(17-28)25(26)31/h4-13,16,22H,14-15H2,1-3H3. The number of allylic oxidation sites excluding steroid dienone is 2. The Hall–Kier alpha value is -3.45. The zero-order valence-corrected chi connectivity index (χ0v) is 18.1. The van der Waals surface area contributed by atoms with Crippen LogP contribution in [0.3, 0.4) is 0 Å². The van der Waals surface area contributed by atoms with Crippen molar-refractivity contribution < 1.29 is 4.79 Å². The Bertz CT molecular complexity index is 1240. The highest BCUT2D eigenvalue weighted by atomic mass is 16.1. The maximum absolute atomic E-state index is 13.0. The number of fused-ring (bicyclic) bond motifs is 3. The summed E-state index contributed by atoms with van der Waals surface area (Å²) in [6.45, 7) is 6.12. The summed E-state index contributed by atoms with van der Waals surface area (Å²) in [6, 6.07) is 22.7. The van der Waals surface area contributed by atoms with E-state index in [1.807, 2.05) is 61.0 Å². The van der Waals surface area contributed by atoms with Crippen LogP contribution in [0.25, 0.3) is 16.9 Å². The van der Waals surface area contributed by atoms with Crippen LogP contribution < -0.4 is 0 Å². The maximum atomic E-state index is 13.0. The van der Waals surface area contributed by atoms with Crippen molar-refractivity contribution in [2.24, 2.45) is 11.3 Å². The fourth-order valence-electron chi connectivity index (χ4n) is 5.76. The van der Waals surface area contributed by atoms with Gasteiger partial charge in [-0.25, -0.2) is 4.68 Å². The van der Waals surface area contributed by atoms with Crippen LogP contribution in [0.2, 0.25) is 0 Å². The molecule has 1 heterocycles. The molecule has 154 valence electrons. The van der Waals surface area contributed by atoms with Gasteiger partial charge >= 0.3 is 0 Å². The molecule has 0 saturated carbocycles. The van der Waals surface area contributed by atoms with Crippen LogP contribution in [0.5, 0.6) is 0 Å². The molecule has 5 rings (SSSR count). The third-order valence-corrected chi connectivity index (χ3v) is 7.21. The lowest BCUT2D eigenvalue weighted by Crippen LogP contribution is -2.51. The zero-order valence-electron chi connectivity index (χ0n) is 18.1. The number of benzene rings is 2. The van der Waals surface area contributed by atoms with Gasteiger partial charge < -0.3 is 0 Å². The average molecular weight is 408 g/mol. The Labute approximate surface area is 182 Å². The van der Waals surface area contributed by atoms with Crippen LogP contribution in [-0.2, 0) is 16.6 Å². The van der Waals surface area contributed by atoms with Gasteiger partial charge in [-0.2, -0.15) is 10.4 Å². The van der Waals surface area contributed by atoms with Gasteiger partial charge in [-0.05, 0) is 30.9 Å². The first kappa shape index (κ1) is 19.5. The minimum Gasteiger partial charge on any atom is -0.293 e. The Balaban J connectivity index is 1.82. The Kier molecular flexibility index (Phi) is 4.27. The lowest BCUT2D eigenvalue weighted by molar-refractivity contribution is -0.128. The number of carbonyl (C=O) groups is 1. The molecule has 2 atom stereocenters. The van der Waals surface area contributed by atoms with E-state index < -0.39 is 10.8 Å². The topological polar surface area (TPSA) is 58.7 Å². The first-order valence-electron chi connectivity index (χ1n) is 10.8. The number of nitriles is 1. The molecule has 0 amide bonds. The number of carbonyl (C=O) groups excluding carboxylic acids is 1. The van der Waals surface area contributed by atoms with Crippen LogP contribution >= 0.6 is 0 Å². The van der Waals surface area contributed by atoms with Crippen molar-refractivity contribution in [3.8, 4) is 23.0 Å². The van der Waals surface area contributed by atoms with Gasteiger partial charge in [0, 0.05) is 22.0 Å². The number of aromatic nitrogens is 2. The fraction of sp³-hybridized carbons (Fsp3) is 0.296. The van der Waals surface area contributed by atoms with Gasteiger partial charge in [0.25, 0.3) is 0 Å². The van der Waals surface area contributed by atoms with E-state index in [0.29, 0.717) is 0 Å². The average Bonchev–Trinajstić information content (AvgIpc) is 3.18. The molecule has 0 aliphatic heterocycles. The van der Waals surface area contributed by atoms with E-state index in [4.69, 9.17) is 5.10 Å². The van der Waals surface area contributed by atoms with Crippen molar-refractivity contribution in [3.05, 3.63) is 83.6 Å². The van der Waals surface area contributed by atoms with Crippen LogP contribution in [0.1, 0.15) is 38.4 Å². The summed E-state index contributed by atoms with van der Waals surface area (Å²) in [7, 11) is 0. The number of hydrogen-bond donors (Lipinski definition) is 0. The molecule has 0 fully saturated rings. The summed E-state index contributed by atoms with van der Waals surface area (Å²) >= 11 is 0. The summed E-state index contributed by atoms with van der Waals surface area (Å²) in [6.07, 6.45) is 3.64. The molecule has 31 heavy (non-hydrogen) atoms. The number of hydrogen-bond acceptors (Lipinski definition) is 3. The summed E-state index contributed by atoms with van der Waals surface area (Å²) in [4.78, 5) is 13.0. The lowest BCUT2D eigenvalue weighted by Gasteiger charge is -2.49. The molecule has 2 aliphatic rings. The van der Waals surface area contributed by atoms with Crippen LogP contribution in [0, 0.1) is 22.7 Å². The van der Waals surface area contributed by atoms with Crippen molar-refractivity contribution in [1.29, 1.82) is 5.26 Å². The molecule has 0 saturated heterocycles. The lowest BCUT2D eigenvalue weighted by atomic mass is 9.52. The van der Waals surface area contributed by atoms with Crippen molar-refractivity contribution in [2.45, 2.75) is 39.0 Å². The van der Waals surface area contributed by atoms with Gasteiger partial charge in [0.05, 0.1) is 22.6 Å². The monoisotopic (exact) mass is 407 g/mol. The molecule has 1 aromatic heterocycles. The summed E-state index contributed by atoms with van der Waals surface area (Å²) < 4.78 is 2.04. The highest BCUT2D eigenvalue weighted by Gasteiger charge is 2.55. The van der Waals surface area contributed by atoms with E-state index in [1.54, 1.807) is 0 Å². The van der Waals surface area contributed by atoms with Gasteiger partial charge in [-0.15, -0.1) is 0 Å². The minimum absolute atomic E-state index is 0.0494. The van der Waals surface area contributed by atoms with E-state index in [9.17, 15) is 10.1 Å². The van der Waals surface area contributed by atoms with Gasteiger partial charge in [-0.1, -0.05) is 75.4 Å². The molecule has 3 aromatic rings. The Morgan fingerprint density at radius 3 is 2.32 bits per heavy atom. The molecule has 2 aromatic carbocycles. The van der Waals surface area contributed by atoms with Crippen LogP contribution in [0.4, 0.5) is 0 Å². The highest BCUT2D eigenvalue weighted by molar-refractivity contribution is 6.04. The van der Waals surface area contributed by atoms with Gasteiger partial charge in [-0.3, -0.25) is 4.79 Å². The van der Waals surface area contributed by atoms with Crippen molar-refractivity contribution in [3.63, 3.8) is 0 Å². The third-order valence-electron chi connectivity index (χ3n) is 7.21. The van der Waals surface area contributed by atoms with Crippen LogP contribution in [0.15, 0.2) is 72.3 Å². The molecule has 4 heteroatoms. The fourth-order valence-corrected chi connectivity index (χ4v) is 5.76. The second-order valence-corrected chi connectivity index (χ2v) is 9.38. The van der Waals surface area contributed by atoms with Crippen molar-refractivity contribution in [1.82, 2.24) is 9.78 Å². The number of Topliss-reactive ketones (excluding diaryl/α,β-unsaturated/α-hetero) is 1. The molecule has 0 radical (unpaired) electrons. The van der Waals surface area contributed by atoms with Crippen LogP contribution in [-0.4, -0.2) is 15.6 Å². The van der Waals surface area contributed by atoms with E-state index in [0.717, 1.165) is 35.5 Å². The predicted molar refractivity (Wildman–Crippen MR) is 121 cm³/mol. The first-order chi connectivity index (χ1) is 14.9. The molecular weight excluding hydrogens is 382 g/mol. The van der Waals surface area contributed by atoms with Crippen molar-refractivity contribution in [2.75, 3.05) is 0 Å². The highest BCUT2D eigenvalue weighted by Crippen LogP contribution is 2.55. The Morgan fingerprint density at radius 2 is 1.68 bits per heavy atom. The molecule has 0 N–H and O–H groups in total. The number of rotatable bonds is 2. The number of nitrogens with zero attached hydrogens (tertiary/aromatic N) is 3. The quantitative estimate of drug-likeness (QED) is 0.570. The van der Waals surface area contributed by atoms with Crippen molar-refractivity contribution >= 4 is 5.78 Å². The Morgan fingerprint density at radius 1 is 1.03 bits per heavy atom. The molecule has 2 unspecified atom stereocenters. The number of para-hydroxylation sites is 1. The molecular formula is C27H25N3O. The summed E-state index contributed by atoms with van der Waals surface area (Å²) in [5.41, 5.74) is 4.61. The second-order valence-electron chi connectivity index (χ2n) is 9.38. The smallest absolute Gasteiger partial charge is 0.178 e. The molecule has 0 spiro atoms. The summed E-state index contributed by atoms with van der Waals surface area (Å²) in [5, 5.41) is 14.9. The second kappa shape index (κ2) is 6.78. The van der Waals surface area contributed by atoms with Gasteiger partial charge in [0.2, 0.25) is 0 Å². The van der Waals surface area contributed by atoms with E-state index in [-0.39, 0.29) is 17.3 Å².